The third-order valence-corrected chi connectivity index (χ3v) is 4.52. The Morgan fingerprint density at radius 1 is 1.41 bits per heavy atom. The molecular formula is C15H24F3N3O. The lowest BCUT2D eigenvalue weighted by atomic mass is 9.87. The van der Waals surface area contributed by atoms with Gasteiger partial charge in [-0.2, -0.15) is 13.2 Å². The van der Waals surface area contributed by atoms with E-state index in [9.17, 15) is 18.3 Å². The van der Waals surface area contributed by atoms with Crippen molar-refractivity contribution in [1.82, 2.24) is 14.9 Å². The highest BCUT2D eigenvalue weighted by molar-refractivity contribution is 5.08. The Balaban J connectivity index is 2.01. The summed E-state index contributed by atoms with van der Waals surface area (Å²) in [6.07, 6.45) is 1.72. The first-order valence-corrected chi connectivity index (χ1v) is 7.74. The minimum absolute atomic E-state index is 0.111. The fraction of sp³-hybridized carbons (Fsp3) is 0.800. The van der Waals surface area contributed by atoms with Gasteiger partial charge in [0, 0.05) is 31.9 Å². The van der Waals surface area contributed by atoms with E-state index in [2.05, 4.69) is 17.2 Å². The number of imidazole rings is 1. The average Bonchev–Trinajstić information content (AvgIpc) is 2.84. The maximum atomic E-state index is 13.3. The van der Waals surface area contributed by atoms with Crippen LogP contribution >= 0.6 is 0 Å². The van der Waals surface area contributed by atoms with E-state index in [-0.39, 0.29) is 18.4 Å². The number of nitrogens with one attached hydrogen (secondary N) is 1. The largest absolute Gasteiger partial charge is 0.424 e. The van der Waals surface area contributed by atoms with E-state index in [0.717, 1.165) is 19.3 Å². The van der Waals surface area contributed by atoms with Crippen molar-refractivity contribution in [3.8, 4) is 0 Å². The summed E-state index contributed by atoms with van der Waals surface area (Å²) < 4.78 is 41.3. The average molecular weight is 319 g/mol. The predicted molar refractivity (Wildman–Crippen MR) is 77.2 cm³/mol. The summed E-state index contributed by atoms with van der Waals surface area (Å²) in [5, 5.41) is 13.4. The highest BCUT2D eigenvalue weighted by Crippen LogP contribution is 2.40. The van der Waals surface area contributed by atoms with Crippen LogP contribution in [0.5, 0.6) is 0 Å². The molecule has 0 aromatic carbocycles. The highest BCUT2D eigenvalue weighted by atomic mass is 19.4. The van der Waals surface area contributed by atoms with Crippen molar-refractivity contribution in [2.24, 2.45) is 13.0 Å². The lowest BCUT2D eigenvalue weighted by Crippen LogP contribution is -2.47. The first kappa shape index (κ1) is 17.3. The van der Waals surface area contributed by atoms with Crippen molar-refractivity contribution in [2.45, 2.75) is 56.8 Å². The molecular weight excluding hydrogens is 295 g/mol. The third kappa shape index (κ3) is 3.63. The zero-order valence-electron chi connectivity index (χ0n) is 13.0. The Kier molecular flexibility index (Phi) is 5.17. The predicted octanol–water partition coefficient (Wildman–Crippen LogP) is 2.73. The Labute approximate surface area is 128 Å². The van der Waals surface area contributed by atoms with Gasteiger partial charge in [-0.3, -0.25) is 0 Å². The molecule has 126 valence electrons. The van der Waals surface area contributed by atoms with Crippen LogP contribution in [0.2, 0.25) is 0 Å². The lowest BCUT2D eigenvalue weighted by molar-refractivity contribution is -0.272. The van der Waals surface area contributed by atoms with Gasteiger partial charge in [-0.05, 0) is 25.3 Å². The lowest BCUT2D eigenvalue weighted by Gasteiger charge is -2.32. The molecule has 1 heterocycles. The van der Waals surface area contributed by atoms with E-state index in [4.69, 9.17) is 0 Å². The third-order valence-electron chi connectivity index (χ3n) is 4.52. The topological polar surface area (TPSA) is 50.1 Å². The fourth-order valence-electron chi connectivity index (χ4n) is 3.22. The number of aromatic nitrogens is 2. The molecule has 0 bridgehead atoms. The highest BCUT2D eigenvalue weighted by Gasteiger charge is 2.57. The van der Waals surface area contributed by atoms with E-state index in [1.165, 1.54) is 30.4 Å². The summed E-state index contributed by atoms with van der Waals surface area (Å²) in [6, 6.07) is 0.239. The molecule has 0 saturated heterocycles. The van der Waals surface area contributed by atoms with Gasteiger partial charge < -0.3 is 15.0 Å². The van der Waals surface area contributed by atoms with Crippen molar-refractivity contribution in [3.63, 3.8) is 0 Å². The van der Waals surface area contributed by atoms with Crippen LogP contribution in [0.1, 0.15) is 44.9 Å². The monoisotopic (exact) mass is 319 g/mol. The van der Waals surface area contributed by atoms with Gasteiger partial charge in [0.2, 0.25) is 5.60 Å². The Morgan fingerprint density at radius 2 is 2.14 bits per heavy atom. The van der Waals surface area contributed by atoms with Gasteiger partial charge >= 0.3 is 6.18 Å². The van der Waals surface area contributed by atoms with E-state index < -0.39 is 18.2 Å². The number of aryl methyl sites for hydroxylation is 1. The first-order valence-electron chi connectivity index (χ1n) is 7.74. The van der Waals surface area contributed by atoms with E-state index in [0.29, 0.717) is 5.92 Å². The van der Waals surface area contributed by atoms with Crippen molar-refractivity contribution < 1.29 is 18.3 Å². The van der Waals surface area contributed by atoms with E-state index in [1.54, 1.807) is 0 Å². The summed E-state index contributed by atoms with van der Waals surface area (Å²) in [7, 11) is 1.45. The van der Waals surface area contributed by atoms with Crippen LogP contribution in [0, 0.1) is 5.92 Å². The molecule has 7 heteroatoms. The Morgan fingerprint density at radius 3 is 2.68 bits per heavy atom. The standard InChI is InChI=1S/C15H24F3N3O/c1-11-4-3-5-12(10-11)19-7-6-14(22,15(16,17)18)13-20-8-9-21(13)2/h8-9,11-12,19,22H,3-7,10H2,1-2H3. The summed E-state index contributed by atoms with van der Waals surface area (Å²) in [6.45, 7) is 2.27. The molecule has 2 rings (SSSR count). The fourth-order valence-corrected chi connectivity index (χ4v) is 3.22. The minimum Gasteiger partial charge on any atom is -0.374 e. The molecule has 1 saturated carbocycles. The van der Waals surface area contributed by atoms with Gasteiger partial charge in [0.1, 0.15) is 5.82 Å². The summed E-state index contributed by atoms with van der Waals surface area (Å²) in [5.74, 6) is 0.237. The van der Waals surface area contributed by atoms with Gasteiger partial charge in [-0.25, -0.2) is 4.98 Å². The molecule has 1 aromatic heterocycles. The number of nitrogens with zero attached hydrogens (tertiary/aromatic N) is 2. The Bertz CT molecular complexity index is 489. The Hall–Kier alpha value is -1.08. The molecule has 1 aliphatic carbocycles. The molecule has 4 nitrogen and oxygen atoms in total. The second-order valence-electron chi connectivity index (χ2n) is 6.39. The van der Waals surface area contributed by atoms with Crippen molar-refractivity contribution in [1.29, 1.82) is 0 Å². The molecule has 3 atom stereocenters. The molecule has 1 aromatic rings. The van der Waals surface area contributed by atoms with Crippen LogP contribution in [-0.2, 0) is 12.6 Å². The minimum atomic E-state index is -4.76. The zero-order chi connectivity index (χ0) is 16.4. The molecule has 1 fully saturated rings. The molecule has 0 aliphatic heterocycles. The molecule has 22 heavy (non-hydrogen) atoms. The number of aliphatic hydroxyl groups is 1. The molecule has 0 radical (unpaired) electrons. The van der Waals surface area contributed by atoms with Gasteiger partial charge in [-0.1, -0.05) is 19.8 Å². The first-order chi connectivity index (χ1) is 10.2. The molecule has 0 amide bonds. The van der Waals surface area contributed by atoms with Crippen molar-refractivity contribution >= 4 is 0 Å². The molecule has 3 unspecified atom stereocenters. The normalized spacial score (nSPS) is 25.9. The SMILES string of the molecule is CC1CCCC(NCCC(O)(c2nccn2C)C(F)(F)F)C1. The zero-order valence-corrected chi connectivity index (χ0v) is 13.0. The van der Waals surface area contributed by atoms with Crippen LogP contribution in [-0.4, -0.2) is 33.4 Å². The van der Waals surface area contributed by atoms with Crippen LogP contribution in [0.15, 0.2) is 12.4 Å². The molecule has 0 spiro atoms. The van der Waals surface area contributed by atoms with Gasteiger partial charge in [0.25, 0.3) is 0 Å². The summed E-state index contributed by atoms with van der Waals surface area (Å²) in [4.78, 5) is 3.70. The summed E-state index contributed by atoms with van der Waals surface area (Å²) >= 11 is 0. The smallest absolute Gasteiger partial charge is 0.374 e. The quantitative estimate of drug-likeness (QED) is 0.877. The summed E-state index contributed by atoms with van der Waals surface area (Å²) in [5.41, 5.74) is -2.92. The molecule has 2 N–H and O–H groups in total. The van der Waals surface area contributed by atoms with Crippen molar-refractivity contribution in [2.75, 3.05) is 6.54 Å². The van der Waals surface area contributed by atoms with Crippen molar-refractivity contribution in [3.05, 3.63) is 18.2 Å². The van der Waals surface area contributed by atoms with Crippen LogP contribution in [0.4, 0.5) is 13.2 Å². The maximum Gasteiger partial charge on any atom is 0.424 e. The van der Waals surface area contributed by atoms with E-state index >= 15 is 0 Å². The van der Waals surface area contributed by atoms with Gasteiger partial charge in [-0.15, -0.1) is 0 Å². The maximum absolute atomic E-state index is 13.3. The van der Waals surface area contributed by atoms with Gasteiger partial charge in [0.05, 0.1) is 0 Å². The van der Waals surface area contributed by atoms with Gasteiger partial charge in [0.15, 0.2) is 0 Å². The second kappa shape index (κ2) is 6.58. The number of alkyl halides is 3. The molecule has 1 aliphatic rings. The van der Waals surface area contributed by atoms with Crippen LogP contribution < -0.4 is 5.32 Å². The van der Waals surface area contributed by atoms with Crippen LogP contribution in [0.25, 0.3) is 0 Å². The number of hydrogen-bond acceptors (Lipinski definition) is 3. The van der Waals surface area contributed by atoms with Crippen LogP contribution in [0.3, 0.4) is 0 Å². The second-order valence-corrected chi connectivity index (χ2v) is 6.39. The number of hydrogen-bond donors (Lipinski definition) is 2. The number of halogens is 3. The van der Waals surface area contributed by atoms with E-state index in [1.807, 2.05) is 0 Å². The number of rotatable bonds is 5.